The van der Waals surface area contributed by atoms with E-state index >= 15 is 0 Å². The number of rotatable bonds is 12. The molecule has 0 aliphatic heterocycles. The van der Waals surface area contributed by atoms with Crippen molar-refractivity contribution in [3.8, 4) is 0 Å². The molecule has 2 aliphatic carbocycles. The molecular formula is C22H35N3O4S2. The number of nitrogens with zero attached hydrogens (tertiary/aromatic N) is 2. The van der Waals surface area contributed by atoms with Gasteiger partial charge in [-0.25, -0.2) is 9.78 Å². The van der Waals surface area contributed by atoms with Crippen molar-refractivity contribution in [3.63, 3.8) is 0 Å². The van der Waals surface area contributed by atoms with Gasteiger partial charge in [0.2, 0.25) is 0 Å². The summed E-state index contributed by atoms with van der Waals surface area (Å²) < 4.78 is 6.69. The van der Waals surface area contributed by atoms with Crippen molar-refractivity contribution in [2.24, 2.45) is 17.8 Å². The molecule has 1 aromatic heterocycles. The number of aliphatic carboxylic acids is 1. The number of nitrogens with one attached hydrogen (secondary N) is 1. The number of hydrogen-bond acceptors (Lipinski definition) is 6. The van der Waals surface area contributed by atoms with E-state index in [1.54, 1.807) is 6.20 Å². The molecule has 2 N–H and O–H groups in total. The van der Waals surface area contributed by atoms with Crippen LogP contribution in [0.5, 0.6) is 0 Å². The third kappa shape index (κ3) is 8.61. The summed E-state index contributed by atoms with van der Waals surface area (Å²) in [5.74, 6) is 1.07. The summed E-state index contributed by atoms with van der Waals surface area (Å²) in [6, 6.07) is 0.150. The van der Waals surface area contributed by atoms with Gasteiger partial charge in [0.25, 0.3) is 0 Å². The molecule has 1 aromatic rings. The van der Waals surface area contributed by atoms with E-state index in [2.05, 4.69) is 24.1 Å². The number of ether oxygens (including phenoxy) is 1. The summed E-state index contributed by atoms with van der Waals surface area (Å²) in [5.41, 5.74) is 0. The van der Waals surface area contributed by atoms with Gasteiger partial charge in [-0.3, -0.25) is 10.1 Å². The molecule has 2 saturated carbocycles. The average Bonchev–Trinajstić information content (AvgIpc) is 3.44. The van der Waals surface area contributed by atoms with Crippen molar-refractivity contribution in [2.45, 2.75) is 69.0 Å². The number of amides is 2. The SMILES string of the molecule is CC(C)CCN(C(=O)Nc1ncc(SCC(=O)O)s1)[C@H]1CC[C@H](COCC2CC2)CC1. The maximum absolute atomic E-state index is 13.1. The number of thioether (sulfide) groups is 1. The van der Waals surface area contributed by atoms with Crippen LogP contribution >= 0.6 is 23.1 Å². The molecule has 0 spiro atoms. The lowest BCUT2D eigenvalue weighted by Gasteiger charge is -2.37. The van der Waals surface area contributed by atoms with E-state index in [1.807, 2.05) is 4.90 Å². The van der Waals surface area contributed by atoms with Crippen LogP contribution in [0.25, 0.3) is 0 Å². The van der Waals surface area contributed by atoms with Crippen molar-refractivity contribution < 1.29 is 19.4 Å². The Bertz CT molecular complexity index is 715. The first-order valence-corrected chi connectivity index (χ1v) is 13.2. The van der Waals surface area contributed by atoms with E-state index in [1.165, 1.54) is 35.9 Å². The fourth-order valence-corrected chi connectivity index (χ4v) is 5.42. The highest BCUT2D eigenvalue weighted by Gasteiger charge is 2.30. The highest BCUT2D eigenvalue weighted by Crippen LogP contribution is 2.32. The normalized spacial score (nSPS) is 21.3. The van der Waals surface area contributed by atoms with Gasteiger partial charge in [0, 0.05) is 25.8 Å². The predicted octanol–water partition coefficient (Wildman–Crippen LogP) is 5.19. The first kappa shape index (κ1) is 24.3. The van der Waals surface area contributed by atoms with Crippen LogP contribution < -0.4 is 5.32 Å². The molecule has 0 saturated heterocycles. The minimum atomic E-state index is -0.864. The second kappa shape index (κ2) is 12.1. The summed E-state index contributed by atoms with van der Waals surface area (Å²) >= 11 is 2.54. The number of urea groups is 1. The lowest BCUT2D eigenvalue weighted by molar-refractivity contribution is -0.133. The maximum Gasteiger partial charge on any atom is 0.323 e. The van der Waals surface area contributed by atoms with E-state index in [0.717, 1.165) is 62.0 Å². The predicted molar refractivity (Wildman–Crippen MR) is 125 cm³/mol. The zero-order valence-corrected chi connectivity index (χ0v) is 20.2. The van der Waals surface area contributed by atoms with Crippen LogP contribution in [-0.2, 0) is 9.53 Å². The van der Waals surface area contributed by atoms with Crippen LogP contribution in [0.3, 0.4) is 0 Å². The molecule has 0 unspecified atom stereocenters. The van der Waals surface area contributed by atoms with Gasteiger partial charge in [-0.1, -0.05) is 25.2 Å². The average molecular weight is 470 g/mol. The maximum atomic E-state index is 13.1. The zero-order chi connectivity index (χ0) is 22.2. The van der Waals surface area contributed by atoms with Crippen molar-refractivity contribution in [2.75, 3.05) is 30.8 Å². The number of aromatic nitrogens is 1. The van der Waals surface area contributed by atoms with Gasteiger partial charge in [0.15, 0.2) is 5.13 Å². The van der Waals surface area contributed by atoms with E-state index in [9.17, 15) is 9.59 Å². The van der Waals surface area contributed by atoms with E-state index in [4.69, 9.17) is 9.84 Å². The molecule has 174 valence electrons. The van der Waals surface area contributed by atoms with Crippen molar-refractivity contribution in [1.29, 1.82) is 0 Å². The molecule has 0 radical (unpaired) electrons. The number of carbonyl (C=O) groups is 2. The molecule has 2 aliphatic rings. The van der Waals surface area contributed by atoms with Gasteiger partial charge >= 0.3 is 12.0 Å². The Morgan fingerprint density at radius 3 is 2.45 bits per heavy atom. The van der Waals surface area contributed by atoms with Crippen LogP contribution in [0.1, 0.15) is 58.8 Å². The second-order valence-electron chi connectivity index (χ2n) is 9.13. The summed E-state index contributed by atoms with van der Waals surface area (Å²) in [6.07, 6.45) is 9.48. The minimum Gasteiger partial charge on any atom is -0.481 e. The van der Waals surface area contributed by atoms with Gasteiger partial charge in [0.1, 0.15) is 0 Å². The lowest BCUT2D eigenvalue weighted by Crippen LogP contribution is -2.45. The fraction of sp³-hybridized carbons (Fsp3) is 0.773. The summed E-state index contributed by atoms with van der Waals surface area (Å²) in [6.45, 7) is 6.87. The highest BCUT2D eigenvalue weighted by molar-refractivity contribution is 8.01. The molecule has 3 rings (SSSR count). The Kier molecular flexibility index (Phi) is 9.47. The van der Waals surface area contributed by atoms with Crippen LogP contribution in [0.15, 0.2) is 10.4 Å². The number of thiazole rings is 1. The smallest absolute Gasteiger partial charge is 0.323 e. The monoisotopic (exact) mass is 469 g/mol. The van der Waals surface area contributed by atoms with Gasteiger partial charge in [0.05, 0.1) is 16.2 Å². The molecule has 0 aromatic carbocycles. The Labute approximate surface area is 193 Å². The van der Waals surface area contributed by atoms with Crippen molar-refractivity contribution >= 4 is 40.2 Å². The molecule has 9 heteroatoms. The van der Waals surface area contributed by atoms with Crippen LogP contribution in [0.2, 0.25) is 0 Å². The Morgan fingerprint density at radius 2 is 1.87 bits per heavy atom. The topological polar surface area (TPSA) is 91.8 Å². The summed E-state index contributed by atoms with van der Waals surface area (Å²) in [7, 11) is 0. The van der Waals surface area contributed by atoms with Gasteiger partial charge in [-0.05, 0) is 62.7 Å². The minimum absolute atomic E-state index is 0.0102. The molecule has 7 nitrogen and oxygen atoms in total. The molecule has 1 heterocycles. The Hall–Kier alpha value is -1.32. The number of carboxylic acids is 1. The van der Waals surface area contributed by atoms with Crippen molar-refractivity contribution in [3.05, 3.63) is 6.20 Å². The third-order valence-corrected chi connectivity index (χ3v) is 8.00. The van der Waals surface area contributed by atoms with Gasteiger partial charge in [-0.15, -0.1) is 11.8 Å². The van der Waals surface area contributed by atoms with Crippen LogP contribution in [0.4, 0.5) is 9.93 Å². The van der Waals surface area contributed by atoms with E-state index < -0.39 is 5.97 Å². The molecule has 2 fully saturated rings. The molecule has 0 bridgehead atoms. The molecule has 2 amide bonds. The number of carboxylic acid groups (broad SMARTS) is 1. The lowest BCUT2D eigenvalue weighted by atomic mass is 9.85. The summed E-state index contributed by atoms with van der Waals surface area (Å²) in [5, 5.41) is 12.3. The number of hydrogen-bond donors (Lipinski definition) is 2. The number of anilines is 1. The Balaban J connectivity index is 1.50. The van der Waals surface area contributed by atoms with Crippen LogP contribution in [0, 0.1) is 17.8 Å². The standard InChI is InChI=1S/C22H35N3O4S2/c1-15(2)9-10-25(18-7-5-17(6-8-18)13-29-12-16-3-4-16)22(28)24-21-23-11-20(31-21)30-14-19(26)27/h11,15-18H,3-10,12-14H2,1-2H3,(H,26,27)(H,23,24,28)/t17-,18-. The molecular weight excluding hydrogens is 434 g/mol. The summed E-state index contributed by atoms with van der Waals surface area (Å²) in [4.78, 5) is 30.1. The zero-order valence-electron chi connectivity index (χ0n) is 18.5. The second-order valence-corrected chi connectivity index (χ2v) is 11.4. The van der Waals surface area contributed by atoms with E-state index in [0.29, 0.717) is 17.0 Å². The highest BCUT2D eigenvalue weighted by atomic mass is 32.2. The molecule has 0 atom stereocenters. The van der Waals surface area contributed by atoms with Crippen molar-refractivity contribution in [1.82, 2.24) is 9.88 Å². The quantitative estimate of drug-likeness (QED) is 0.410. The third-order valence-electron chi connectivity index (χ3n) is 5.91. The Morgan fingerprint density at radius 1 is 1.23 bits per heavy atom. The van der Waals surface area contributed by atoms with E-state index in [-0.39, 0.29) is 17.8 Å². The van der Waals surface area contributed by atoms with Gasteiger partial charge < -0.3 is 14.7 Å². The van der Waals surface area contributed by atoms with Gasteiger partial charge in [-0.2, -0.15) is 0 Å². The molecule has 31 heavy (non-hydrogen) atoms. The first-order valence-electron chi connectivity index (χ1n) is 11.4. The largest absolute Gasteiger partial charge is 0.481 e. The fourth-order valence-electron chi connectivity index (χ4n) is 3.84. The first-order chi connectivity index (χ1) is 14.9. The van der Waals surface area contributed by atoms with Crippen LogP contribution in [-0.4, -0.2) is 58.5 Å². The number of carbonyl (C=O) groups excluding carboxylic acids is 1.